The summed E-state index contributed by atoms with van der Waals surface area (Å²) in [6.07, 6.45) is 0.0674. The highest BCUT2D eigenvalue weighted by molar-refractivity contribution is 7.92. The molecule has 10 heteroatoms. The SMILES string of the molecule is CS(=O)(=O)Nc1cc(C(=O)N2C[C@@H](C(=O)NCc3ccccc3)Oc3ccccc32)ccc1Cl. The highest BCUT2D eigenvalue weighted by Gasteiger charge is 2.34. The number of para-hydroxylation sites is 2. The van der Waals surface area contributed by atoms with Crippen LogP contribution in [0, 0.1) is 0 Å². The van der Waals surface area contributed by atoms with Crippen LogP contribution in [-0.2, 0) is 21.4 Å². The van der Waals surface area contributed by atoms with Crippen molar-refractivity contribution in [3.63, 3.8) is 0 Å². The van der Waals surface area contributed by atoms with Gasteiger partial charge in [-0.25, -0.2) is 8.42 Å². The van der Waals surface area contributed by atoms with Crippen molar-refractivity contribution in [1.82, 2.24) is 5.32 Å². The van der Waals surface area contributed by atoms with E-state index >= 15 is 0 Å². The van der Waals surface area contributed by atoms with Crippen molar-refractivity contribution in [3.8, 4) is 5.75 Å². The number of anilines is 2. The van der Waals surface area contributed by atoms with Crippen LogP contribution in [0.2, 0.25) is 5.02 Å². The molecule has 1 aliphatic rings. The summed E-state index contributed by atoms with van der Waals surface area (Å²) in [6.45, 7) is 0.306. The molecule has 1 aliphatic heterocycles. The molecule has 4 rings (SSSR count). The summed E-state index contributed by atoms with van der Waals surface area (Å²) < 4.78 is 31.5. The Balaban J connectivity index is 1.58. The smallest absolute Gasteiger partial charge is 0.263 e. The Morgan fingerprint density at radius 2 is 1.76 bits per heavy atom. The molecular formula is C24H22ClN3O5S. The molecule has 0 bridgehead atoms. The van der Waals surface area contributed by atoms with Gasteiger partial charge in [-0.1, -0.05) is 54.1 Å². The van der Waals surface area contributed by atoms with E-state index in [-0.39, 0.29) is 28.7 Å². The summed E-state index contributed by atoms with van der Waals surface area (Å²) in [5.74, 6) is -0.387. The standard InChI is InChI=1S/C24H22ClN3O5S/c1-34(31,32)27-19-13-17(11-12-18(19)25)24(30)28-15-22(33-21-10-6-5-9-20(21)28)23(29)26-14-16-7-3-2-4-8-16/h2-13,22,27H,14-15H2,1H3,(H,26,29)/t22-/m0/s1. The van der Waals surface area contributed by atoms with Gasteiger partial charge >= 0.3 is 0 Å². The second kappa shape index (κ2) is 9.74. The summed E-state index contributed by atoms with van der Waals surface area (Å²) in [7, 11) is -3.60. The molecule has 0 radical (unpaired) electrons. The number of nitrogens with zero attached hydrogens (tertiary/aromatic N) is 1. The molecule has 2 amide bonds. The molecule has 3 aromatic carbocycles. The molecule has 0 saturated heterocycles. The van der Waals surface area contributed by atoms with Crippen molar-refractivity contribution in [2.75, 3.05) is 22.4 Å². The number of carbonyl (C=O) groups is 2. The summed E-state index contributed by atoms with van der Waals surface area (Å²) >= 11 is 6.10. The third-order valence-electron chi connectivity index (χ3n) is 5.13. The van der Waals surface area contributed by atoms with Crippen LogP contribution in [0.4, 0.5) is 11.4 Å². The molecule has 34 heavy (non-hydrogen) atoms. The predicted octanol–water partition coefficient (Wildman–Crippen LogP) is 3.44. The lowest BCUT2D eigenvalue weighted by Gasteiger charge is -2.34. The van der Waals surface area contributed by atoms with Crippen molar-refractivity contribution in [1.29, 1.82) is 0 Å². The second-order valence-corrected chi connectivity index (χ2v) is 9.92. The van der Waals surface area contributed by atoms with E-state index in [1.807, 2.05) is 30.3 Å². The second-order valence-electron chi connectivity index (χ2n) is 7.76. The minimum Gasteiger partial charge on any atom is -0.477 e. The van der Waals surface area contributed by atoms with Crippen LogP contribution in [0.25, 0.3) is 0 Å². The fourth-order valence-corrected chi connectivity index (χ4v) is 4.34. The number of rotatable bonds is 6. The van der Waals surface area contributed by atoms with E-state index < -0.39 is 22.0 Å². The molecule has 176 valence electrons. The third kappa shape index (κ3) is 5.49. The van der Waals surface area contributed by atoms with E-state index in [0.717, 1.165) is 11.8 Å². The van der Waals surface area contributed by atoms with E-state index in [9.17, 15) is 18.0 Å². The van der Waals surface area contributed by atoms with Crippen LogP contribution >= 0.6 is 11.6 Å². The largest absolute Gasteiger partial charge is 0.477 e. The minimum atomic E-state index is -3.60. The van der Waals surface area contributed by atoms with Crippen LogP contribution in [0.1, 0.15) is 15.9 Å². The molecule has 1 heterocycles. The predicted molar refractivity (Wildman–Crippen MR) is 131 cm³/mol. The van der Waals surface area contributed by atoms with Crippen molar-refractivity contribution in [2.24, 2.45) is 0 Å². The zero-order chi connectivity index (χ0) is 24.3. The van der Waals surface area contributed by atoms with E-state index in [0.29, 0.717) is 18.0 Å². The maximum absolute atomic E-state index is 13.5. The van der Waals surface area contributed by atoms with Crippen LogP contribution in [-0.4, -0.2) is 39.1 Å². The number of amides is 2. The average Bonchev–Trinajstić information content (AvgIpc) is 2.82. The van der Waals surface area contributed by atoms with Crippen LogP contribution in [0.3, 0.4) is 0 Å². The lowest BCUT2D eigenvalue weighted by molar-refractivity contribution is -0.128. The fourth-order valence-electron chi connectivity index (χ4n) is 3.55. The van der Waals surface area contributed by atoms with Gasteiger partial charge < -0.3 is 15.0 Å². The van der Waals surface area contributed by atoms with Crippen LogP contribution < -0.4 is 19.7 Å². The van der Waals surface area contributed by atoms with Crippen molar-refractivity contribution in [3.05, 3.63) is 88.9 Å². The molecule has 8 nitrogen and oxygen atoms in total. The van der Waals surface area contributed by atoms with E-state index in [1.165, 1.54) is 23.1 Å². The van der Waals surface area contributed by atoms with Crippen molar-refractivity contribution >= 4 is 44.8 Å². The molecular weight excluding hydrogens is 478 g/mol. The van der Waals surface area contributed by atoms with Gasteiger partial charge in [-0.05, 0) is 35.9 Å². The molecule has 0 saturated carbocycles. The molecule has 0 aliphatic carbocycles. The number of carbonyl (C=O) groups excluding carboxylic acids is 2. The Kier molecular flexibility index (Phi) is 6.76. The number of nitrogens with one attached hydrogen (secondary N) is 2. The van der Waals surface area contributed by atoms with Crippen molar-refractivity contribution in [2.45, 2.75) is 12.6 Å². The quantitative estimate of drug-likeness (QED) is 0.540. The molecule has 0 spiro atoms. The normalized spacial score (nSPS) is 15.1. The first-order chi connectivity index (χ1) is 16.2. The number of hydrogen-bond donors (Lipinski definition) is 2. The van der Waals surface area contributed by atoms with Gasteiger partial charge in [-0.3, -0.25) is 14.3 Å². The van der Waals surface area contributed by atoms with Gasteiger partial charge in [0.2, 0.25) is 10.0 Å². The highest BCUT2D eigenvalue weighted by atomic mass is 35.5. The van der Waals surface area contributed by atoms with Crippen molar-refractivity contribution < 1.29 is 22.7 Å². The van der Waals surface area contributed by atoms with E-state index in [4.69, 9.17) is 16.3 Å². The fraction of sp³-hybridized carbons (Fsp3) is 0.167. The number of halogens is 1. The number of hydrogen-bond acceptors (Lipinski definition) is 5. The van der Waals surface area contributed by atoms with Crippen LogP contribution in [0.15, 0.2) is 72.8 Å². The van der Waals surface area contributed by atoms with Gasteiger partial charge in [0.15, 0.2) is 6.10 Å². The molecule has 0 fully saturated rings. The molecule has 0 unspecified atom stereocenters. The first kappa shape index (κ1) is 23.6. The maximum Gasteiger partial charge on any atom is 0.263 e. The topological polar surface area (TPSA) is 105 Å². The zero-order valence-corrected chi connectivity index (χ0v) is 19.8. The minimum absolute atomic E-state index is 0.0199. The summed E-state index contributed by atoms with van der Waals surface area (Å²) in [5.41, 5.74) is 1.74. The van der Waals surface area contributed by atoms with Crippen LogP contribution in [0.5, 0.6) is 5.75 Å². The Morgan fingerprint density at radius 3 is 2.50 bits per heavy atom. The molecule has 0 aromatic heterocycles. The number of ether oxygens (including phenoxy) is 1. The maximum atomic E-state index is 13.5. The highest BCUT2D eigenvalue weighted by Crippen LogP contribution is 2.35. The Bertz CT molecular complexity index is 1330. The van der Waals surface area contributed by atoms with Gasteiger partial charge in [0.1, 0.15) is 5.75 Å². The summed E-state index contributed by atoms with van der Waals surface area (Å²) in [5, 5.41) is 3.00. The van der Waals surface area contributed by atoms with E-state index in [2.05, 4.69) is 10.0 Å². The summed E-state index contributed by atoms with van der Waals surface area (Å²) in [6, 6.07) is 20.7. The summed E-state index contributed by atoms with van der Waals surface area (Å²) in [4.78, 5) is 27.8. The lowest BCUT2D eigenvalue weighted by Crippen LogP contribution is -2.50. The van der Waals surface area contributed by atoms with Gasteiger partial charge in [-0.15, -0.1) is 0 Å². The van der Waals surface area contributed by atoms with Gasteiger partial charge in [0.05, 0.1) is 29.2 Å². The Morgan fingerprint density at radius 1 is 1.06 bits per heavy atom. The first-order valence-corrected chi connectivity index (χ1v) is 12.6. The molecule has 3 aromatic rings. The Labute approximate surface area is 202 Å². The molecule has 1 atom stereocenters. The van der Waals surface area contributed by atoms with Gasteiger partial charge in [-0.2, -0.15) is 0 Å². The zero-order valence-electron chi connectivity index (χ0n) is 18.2. The average molecular weight is 500 g/mol. The number of benzene rings is 3. The number of sulfonamides is 1. The molecule has 2 N–H and O–H groups in total. The van der Waals surface area contributed by atoms with E-state index in [1.54, 1.807) is 24.3 Å². The van der Waals surface area contributed by atoms with Gasteiger partial charge in [0.25, 0.3) is 11.8 Å². The monoisotopic (exact) mass is 499 g/mol. The Hall–Kier alpha value is -3.56. The third-order valence-corrected chi connectivity index (χ3v) is 6.05. The first-order valence-electron chi connectivity index (χ1n) is 10.4. The number of fused-ring (bicyclic) bond motifs is 1. The van der Waals surface area contributed by atoms with Gasteiger partial charge in [0, 0.05) is 12.1 Å². The lowest BCUT2D eigenvalue weighted by atomic mass is 10.1.